The number of esters is 1. The van der Waals surface area contributed by atoms with E-state index in [1.165, 1.54) is 37.5 Å². The summed E-state index contributed by atoms with van der Waals surface area (Å²) in [5.41, 5.74) is 3.82. The molecule has 8 heteroatoms. The monoisotopic (exact) mass is 396 g/mol. The number of amides is 1. The molecule has 3 aromatic rings. The normalized spacial score (nSPS) is 11.8. The van der Waals surface area contributed by atoms with Crippen molar-refractivity contribution in [3.05, 3.63) is 69.5 Å². The Morgan fingerprint density at radius 2 is 1.86 bits per heavy atom. The van der Waals surface area contributed by atoms with Gasteiger partial charge in [-0.2, -0.15) is 0 Å². The fourth-order valence-electron chi connectivity index (χ4n) is 2.88. The molecule has 1 atom stereocenters. The maximum atomic E-state index is 12.3. The zero-order chi connectivity index (χ0) is 21.1. The number of anilines is 1. The molecule has 0 aliphatic carbocycles. The van der Waals surface area contributed by atoms with Crippen molar-refractivity contribution in [1.82, 2.24) is 0 Å². The maximum Gasteiger partial charge on any atom is 0.311 e. The highest BCUT2D eigenvalue weighted by Crippen LogP contribution is 2.27. The number of non-ortho nitro benzene ring substituents is 1. The summed E-state index contributed by atoms with van der Waals surface area (Å²) in [7, 11) is 0. The summed E-state index contributed by atoms with van der Waals surface area (Å²) < 4.78 is 10.8. The lowest BCUT2D eigenvalue weighted by Crippen LogP contribution is -2.30. The molecule has 1 unspecified atom stereocenters. The van der Waals surface area contributed by atoms with Gasteiger partial charge in [0.15, 0.2) is 6.10 Å². The maximum absolute atomic E-state index is 12.3. The Kier molecular flexibility index (Phi) is 5.63. The molecule has 8 nitrogen and oxygen atoms in total. The number of nitro benzene ring substituents is 1. The molecule has 0 saturated carbocycles. The number of hydrogen-bond donors (Lipinski definition) is 1. The number of carbonyl (C=O) groups is 2. The van der Waals surface area contributed by atoms with E-state index in [1.54, 1.807) is 0 Å². The van der Waals surface area contributed by atoms with Gasteiger partial charge in [-0.25, -0.2) is 0 Å². The van der Waals surface area contributed by atoms with E-state index in [1.807, 2.05) is 26.0 Å². The Bertz CT molecular complexity index is 1080. The molecule has 0 fully saturated rings. The van der Waals surface area contributed by atoms with Crippen molar-refractivity contribution in [3.8, 4) is 0 Å². The highest BCUT2D eigenvalue weighted by molar-refractivity contribution is 5.95. The lowest BCUT2D eigenvalue weighted by Gasteiger charge is -2.13. The second-order valence-electron chi connectivity index (χ2n) is 6.75. The Balaban J connectivity index is 1.61. The first-order valence-corrected chi connectivity index (χ1v) is 8.97. The van der Waals surface area contributed by atoms with Gasteiger partial charge in [0.2, 0.25) is 0 Å². The number of aryl methyl sites for hydroxylation is 2. The van der Waals surface area contributed by atoms with Crippen LogP contribution in [0.4, 0.5) is 11.4 Å². The third-order valence-electron chi connectivity index (χ3n) is 4.70. The van der Waals surface area contributed by atoms with E-state index in [4.69, 9.17) is 9.15 Å². The average Bonchev–Trinajstić information content (AvgIpc) is 3.08. The minimum atomic E-state index is -1.03. The van der Waals surface area contributed by atoms with Crippen LogP contribution >= 0.6 is 0 Å². The van der Waals surface area contributed by atoms with Gasteiger partial charge in [0.05, 0.1) is 17.6 Å². The lowest BCUT2D eigenvalue weighted by atomic mass is 10.0. The van der Waals surface area contributed by atoms with Crippen LogP contribution in [0.15, 0.2) is 47.1 Å². The second-order valence-corrected chi connectivity index (χ2v) is 6.75. The van der Waals surface area contributed by atoms with Crippen molar-refractivity contribution in [2.24, 2.45) is 0 Å². The predicted octanol–water partition coefficient (Wildman–Crippen LogP) is 4.07. The Morgan fingerprint density at radius 3 is 2.52 bits per heavy atom. The molecular weight excluding hydrogens is 376 g/mol. The molecule has 0 aliphatic heterocycles. The summed E-state index contributed by atoms with van der Waals surface area (Å²) in [5, 5.41) is 14.1. The van der Waals surface area contributed by atoms with Crippen molar-refractivity contribution in [3.63, 3.8) is 0 Å². The topological polar surface area (TPSA) is 112 Å². The number of nitro groups is 1. The van der Waals surface area contributed by atoms with E-state index >= 15 is 0 Å². The van der Waals surface area contributed by atoms with Gasteiger partial charge in [-0.05, 0) is 44.0 Å². The van der Waals surface area contributed by atoms with Crippen molar-refractivity contribution in [2.75, 3.05) is 5.32 Å². The minimum Gasteiger partial charge on any atom is -0.464 e. The van der Waals surface area contributed by atoms with Crippen LogP contribution < -0.4 is 5.32 Å². The van der Waals surface area contributed by atoms with Crippen LogP contribution in [0.25, 0.3) is 11.0 Å². The molecular formula is C21H20N2O6. The van der Waals surface area contributed by atoms with Crippen molar-refractivity contribution < 1.29 is 23.7 Å². The summed E-state index contributed by atoms with van der Waals surface area (Å²) in [6.07, 6.45) is 0.477. The third kappa shape index (κ3) is 4.43. The number of benzene rings is 2. The first kappa shape index (κ1) is 20.1. The zero-order valence-corrected chi connectivity index (χ0v) is 16.2. The fourth-order valence-corrected chi connectivity index (χ4v) is 2.88. The summed E-state index contributed by atoms with van der Waals surface area (Å²) in [4.78, 5) is 34.6. The molecule has 0 radical (unpaired) electrons. The van der Waals surface area contributed by atoms with Crippen LogP contribution in [-0.2, 0) is 20.7 Å². The lowest BCUT2D eigenvalue weighted by molar-refractivity contribution is -0.384. The predicted molar refractivity (Wildman–Crippen MR) is 107 cm³/mol. The van der Waals surface area contributed by atoms with Crippen LogP contribution in [0.5, 0.6) is 0 Å². The largest absolute Gasteiger partial charge is 0.464 e. The number of nitrogens with one attached hydrogen (secondary N) is 1. The number of nitrogens with zero attached hydrogens (tertiary/aromatic N) is 1. The SMILES string of the molecule is Cc1ccc2c(CC(=O)OC(C)C(=O)Nc3ccc([N+](=O)[O-])cc3)coc2c1C. The molecule has 1 aromatic heterocycles. The third-order valence-corrected chi connectivity index (χ3v) is 4.70. The first-order chi connectivity index (χ1) is 13.8. The molecule has 1 heterocycles. The molecule has 0 aliphatic rings. The second kappa shape index (κ2) is 8.14. The van der Waals surface area contributed by atoms with Gasteiger partial charge in [-0.15, -0.1) is 0 Å². The van der Waals surface area contributed by atoms with Crippen LogP contribution in [0.1, 0.15) is 23.6 Å². The van der Waals surface area contributed by atoms with E-state index in [0.29, 0.717) is 11.3 Å². The van der Waals surface area contributed by atoms with E-state index in [9.17, 15) is 19.7 Å². The smallest absolute Gasteiger partial charge is 0.311 e. The molecule has 3 rings (SSSR count). The Labute approximate surface area is 166 Å². The van der Waals surface area contributed by atoms with Crippen molar-refractivity contribution >= 4 is 34.2 Å². The summed E-state index contributed by atoms with van der Waals surface area (Å²) in [5.74, 6) is -1.09. The van der Waals surface area contributed by atoms with Crippen LogP contribution in [-0.4, -0.2) is 22.9 Å². The molecule has 0 saturated heterocycles. The Morgan fingerprint density at radius 1 is 1.17 bits per heavy atom. The van der Waals surface area contributed by atoms with Crippen molar-refractivity contribution in [1.29, 1.82) is 0 Å². The summed E-state index contributed by atoms with van der Waals surface area (Å²) in [6.45, 7) is 5.39. The van der Waals surface area contributed by atoms with Gasteiger partial charge in [0.1, 0.15) is 5.58 Å². The number of rotatable bonds is 6. The molecule has 0 bridgehead atoms. The van der Waals surface area contributed by atoms with Crippen LogP contribution in [0, 0.1) is 24.0 Å². The Hall–Kier alpha value is -3.68. The number of ether oxygens (including phenoxy) is 1. The van der Waals surface area contributed by atoms with E-state index < -0.39 is 22.9 Å². The summed E-state index contributed by atoms with van der Waals surface area (Å²) in [6, 6.07) is 9.23. The standard InChI is InChI=1S/C21H20N2O6/c1-12-4-9-18-15(11-28-20(18)13(12)2)10-19(24)29-14(3)21(25)22-16-5-7-17(8-6-16)23(26)27/h4-9,11,14H,10H2,1-3H3,(H,22,25). The molecule has 0 spiro atoms. The average molecular weight is 396 g/mol. The molecule has 29 heavy (non-hydrogen) atoms. The van der Waals surface area contributed by atoms with Crippen LogP contribution in [0.3, 0.4) is 0 Å². The van der Waals surface area contributed by atoms with Crippen molar-refractivity contribution in [2.45, 2.75) is 33.3 Å². The molecule has 1 N–H and O–H groups in total. The number of furan rings is 1. The number of hydrogen-bond acceptors (Lipinski definition) is 6. The zero-order valence-electron chi connectivity index (χ0n) is 16.2. The van der Waals surface area contributed by atoms with Gasteiger partial charge in [0.25, 0.3) is 11.6 Å². The highest BCUT2D eigenvalue weighted by atomic mass is 16.6. The van der Waals surface area contributed by atoms with E-state index in [-0.39, 0.29) is 12.1 Å². The van der Waals surface area contributed by atoms with Gasteiger partial charge in [-0.3, -0.25) is 19.7 Å². The minimum absolute atomic E-state index is 0.0232. The van der Waals surface area contributed by atoms with E-state index in [0.717, 1.165) is 22.1 Å². The number of carbonyl (C=O) groups excluding carboxylic acids is 2. The van der Waals surface area contributed by atoms with Gasteiger partial charge >= 0.3 is 5.97 Å². The molecule has 1 amide bonds. The van der Waals surface area contributed by atoms with Gasteiger partial charge in [0, 0.05) is 28.8 Å². The quantitative estimate of drug-likeness (QED) is 0.382. The molecule has 150 valence electrons. The van der Waals surface area contributed by atoms with Gasteiger partial charge in [-0.1, -0.05) is 12.1 Å². The fraction of sp³-hybridized carbons (Fsp3) is 0.238. The summed E-state index contributed by atoms with van der Waals surface area (Å²) >= 11 is 0. The van der Waals surface area contributed by atoms with Gasteiger partial charge < -0.3 is 14.5 Å². The molecule has 2 aromatic carbocycles. The van der Waals surface area contributed by atoms with Crippen LogP contribution in [0.2, 0.25) is 0 Å². The highest BCUT2D eigenvalue weighted by Gasteiger charge is 2.20. The number of fused-ring (bicyclic) bond motifs is 1. The first-order valence-electron chi connectivity index (χ1n) is 8.97. The van der Waals surface area contributed by atoms with E-state index in [2.05, 4.69) is 5.32 Å².